The second-order valence-corrected chi connectivity index (χ2v) is 5.64. The van der Waals surface area contributed by atoms with E-state index in [0.29, 0.717) is 6.54 Å². The third-order valence-electron chi connectivity index (χ3n) is 2.09. The van der Waals surface area contributed by atoms with Crippen molar-refractivity contribution in [3.05, 3.63) is 48.2 Å². The zero-order chi connectivity index (χ0) is 13.1. The van der Waals surface area contributed by atoms with Crippen molar-refractivity contribution >= 4 is 50.4 Å². The molecule has 0 aliphatic heterocycles. The van der Waals surface area contributed by atoms with Crippen LogP contribution < -0.4 is 5.32 Å². The SMILES string of the molecule is O=[N+]([O-])c1ccc(Cl)nc1NCc1cc(Br)cs1. The van der Waals surface area contributed by atoms with Crippen LogP contribution in [0.25, 0.3) is 0 Å². The third-order valence-corrected chi connectivity index (χ3v) is 4.00. The Bertz CT molecular complexity index is 590. The minimum Gasteiger partial charge on any atom is -0.359 e. The lowest BCUT2D eigenvalue weighted by molar-refractivity contribution is -0.384. The maximum atomic E-state index is 10.8. The molecule has 5 nitrogen and oxygen atoms in total. The highest BCUT2D eigenvalue weighted by Crippen LogP contribution is 2.26. The lowest BCUT2D eigenvalue weighted by Crippen LogP contribution is -2.03. The molecule has 8 heteroatoms. The largest absolute Gasteiger partial charge is 0.359 e. The number of halogens is 2. The molecule has 0 bridgehead atoms. The molecule has 2 rings (SSSR count). The fraction of sp³-hybridized carbons (Fsp3) is 0.100. The number of hydrogen-bond donors (Lipinski definition) is 1. The van der Waals surface area contributed by atoms with Gasteiger partial charge in [-0.2, -0.15) is 0 Å². The molecule has 0 spiro atoms. The first kappa shape index (κ1) is 13.3. The molecule has 0 fully saturated rings. The Morgan fingerprint density at radius 2 is 2.33 bits per heavy atom. The van der Waals surface area contributed by atoms with Crippen molar-refractivity contribution in [2.75, 3.05) is 5.32 Å². The van der Waals surface area contributed by atoms with Gasteiger partial charge in [-0.3, -0.25) is 10.1 Å². The summed E-state index contributed by atoms with van der Waals surface area (Å²) in [6.07, 6.45) is 0. The van der Waals surface area contributed by atoms with E-state index in [1.165, 1.54) is 12.1 Å². The molecule has 0 unspecified atom stereocenters. The molecular weight excluding hydrogens is 342 g/mol. The highest BCUT2D eigenvalue weighted by molar-refractivity contribution is 9.10. The lowest BCUT2D eigenvalue weighted by Gasteiger charge is -2.04. The van der Waals surface area contributed by atoms with Crippen LogP contribution in [0.15, 0.2) is 28.1 Å². The summed E-state index contributed by atoms with van der Waals surface area (Å²) in [5, 5.41) is 15.9. The van der Waals surface area contributed by atoms with Crippen LogP contribution in [0.5, 0.6) is 0 Å². The highest BCUT2D eigenvalue weighted by atomic mass is 79.9. The van der Waals surface area contributed by atoms with Gasteiger partial charge in [-0.25, -0.2) is 4.98 Å². The molecule has 2 heterocycles. The fourth-order valence-electron chi connectivity index (χ4n) is 1.32. The smallest absolute Gasteiger partial charge is 0.311 e. The molecule has 0 saturated heterocycles. The minimum atomic E-state index is -0.490. The summed E-state index contributed by atoms with van der Waals surface area (Å²) >= 11 is 10.6. The topological polar surface area (TPSA) is 68.1 Å². The number of thiophene rings is 1. The molecule has 2 aromatic rings. The van der Waals surface area contributed by atoms with Gasteiger partial charge in [-0.15, -0.1) is 11.3 Å². The van der Waals surface area contributed by atoms with Gasteiger partial charge < -0.3 is 5.32 Å². The van der Waals surface area contributed by atoms with Crippen LogP contribution in [-0.2, 0) is 6.54 Å². The van der Waals surface area contributed by atoms with Gasteiger partial charge in [-0.1, -0.05) is 11.6 Å². The van der Waals surface area contributed by atoms with Crippen molar-refractivity contribution in [1.29, 1.82) is 0 Å². The van der Waals surface area contributed by atoms with Crippen LogP contribution in [-0.4, -0.2) is 9.91 Å². The number of anilines is 1. The quantitative estimate of drug-likeness (QED) is 0.513. The monoisotopic (exact) mass is 347 g/mol. The molecule has 0 aliphatic rings. The second-order valence-electron chi connectivity index (χ2n) is 3.34. The van der Waals surface area contributed by atoms with Crippen molar-refractivity contribution in [1.82, 2.24) is 4.98 Å². The first-order chi connectivity index (χ1) is 8.56. The van der Waals surface area contributed by atoms with Crippen LogP contribution in [0.4, 0.5) is 11.5 Å². The summed E-state index contributed by atoms with van der Waals surface area (Å²) in [5.74, 6) is 0.178. The summed E-state index contributed by atoms with van der Waals surface area (Å²) in [6.45, 7) is 0.463. The van der Waals surface area contributed by atoms with E-state index in [4.69, 9.17) is 11.6 Å². The normalized spacial score (nSPS) is 10.3. The van der Waals surface area contributed by atoms with E-state index in [-0.39, 0.29) is 16.7 Å². The number of nitrogens with zero attached hydrogens (tertiary/aromatic N) is 2. The minimum absolute atomic E-state index is 0.0879. The van der Waals surface area contributed by atoms with E-state index in [1.54, 1.807) is 11.3 Å². The Labute approximate surface area is 120 Å². The number of nitrogens with one attached hydrogen (secondary N) is 1. The van der Waals surface area contributed by atoms with Gasteiger partial charge in [-0.05, 0) is 28.1 Å². The third kappa shape index (κ3) is 3.18. The molecule has 0 saturated carbocycles. The van der Waals surface area contributed by atoms with E-state index in [2.05, 4.69) is 26.2 Å². The van der Waals surface area contributed by atoms with Crippen molar-refractivity contribution in [2.24, 2.45) is 0 Å². The first-order valence-electron chi connectivity index (χ1n) is 4.84. The molecule has 0 radical (unpaired) electrons. The van der Waals surface area contributed by atoms with Gasteiger partial charge in [0.25, 0.3) is 0 Å². The van der Waals surface area contributed by atoms with Crippen molar-refractivity contribution in [3.63, 3.8) is 0 Å². The maximum absolute atomic E-state index is 10.8. The molecule has 1 N–H and O–H groups in total. The number of rotatable bonds is 4. The van der Waals surface area contributed by atoms with Crippen LogP contribution in [0, 0.1) is 10.1 Å². The number of hydrogen-bond acceptors (Lipinski definition) is 5. The standard InChI is InChI=1S/C10H7BrClN3O2S/c11-6-3-7(18-5-6)4-13-10-8(15(16)17)1-2-9(12)14-10/h1-3,5H,4H2,(H,13,14). The van der Waals surface area contributed by atoms with Crippen molar-refractivity contribution < 1.29 is 4.92 Å². The van der Waals surface area contributed by atoms with E-state index in [9.17, 15) is 10.1 Å². The Morgan fingerprint density at radius 1 is 1.56 bits per heavy atom. The molecule has 94 valence electrons. The molecule has 2 aromatic heterocycles. The Morgan fingerprint density at radius 3 is 2.94 bits per heavy atom. The zero-order valence-corrected chi connectivity index (χ0v) is 12.1. The van der Waals surface area contributed by atoms with Crippen molar-refractivity contribution in [3.8, 4) is 0 Å². The predicted molar refractivity (Wildman–Crippen MR) is 75.2 cm³/mol. The van der Waals surface area contributed by atoms with Gasteiger partial charge >= 0.3 is 5.69 Å². The van der Waals surface area contributed by atoms with Crippen LogP contribution in [0.1, 0.15) is 4.88 Å². The molecule has 0 atom stereocenters. The van der Waals surface area contributed by atoms with E-state index in [1.807, 2.05) is 11.4 Å². The molecule has 0 amide bonds. The summed E-state index contributed by atoms with van der Waals surface area (Å²) in [6, 6.07) is 4.67. The number of nitro groups is 1. The van der Waals surface area contributed by atoms with Crippen LogP contribution >= 0.6 is 38.9 Å². The summed E-state index contributed by atoms with van der Waals surface area (Å²) in [4.78, 5) is 15.3. The molecule has 0 aliphatic carbocycles. The van der Waals surface area contributed by atoms with E-state index in [0.717, 1.165) is 9.35 Å². The molecule has 18 heavy (non-hydrogen) atoms. The molecular formula is C10H7BrClN3O2S. The summed E-state index contributed by atoms with van der Waals surface area (Å²) in [7, 11) is 0. The van der Waals surface area contributed by atoms with Gasteiger partial charge in [0, 0.05) is 20.8 Å². The van der Waals surface area contributed by atoms with Gasteiger partial charge in [0.05, 0.1) is 11.5 Å². The summed E-state index contributed by atoms with van der Waals surface area (Å²) < 4.78 is 0.984. The van der Waals surface area contributed by atoms with Gasteiger partial charge in [0.15, 0.2) is 0 Å². The Balaban J connectivity index is 2.17. The molecule has 0 aromatic carbocycles. The highest BCUT2D eigenvalue weighted by Gasteiger charge is 2.15. The lowest BCUT2D eigenvalue weighted by atomic mass is 10.4. The maximum Gasteiger partial charge on any atom is 0.311 e. The summed E-state index contributed by atoms with van der Waals surface area (Å²) in [5.41, 5.74) is -0.0879. The van der Waals surface area contributed by atoms with E-state index < -0.39 is 4.92 Å². The zero-order valence-electron chi connectivity index (χ0n) is 8.89. The Hall–Kier alpha value is -1.18. The Kier molecular flexibility index (Phi) is 4.15. The number of pyridine rings is 1. The van der Waals surface area contributed by atoms with Crippen molar-refractivity contribution in [2.45, 2.75) is 6.54 Å². The predicted octanol–water partition coefficient (Wildman–Crippen LogP) is 4.08. The van der Waals surface area contributed by atoms with Gasteiger partial charge in [0.2, 0.25) is 5.82 Å². The van der Waals surface area contributed by atoms with Gasteiger partial charge in [0.1, 0.15) is 5.15 Å². The van der Waals surface area contributed by atoms with E-state index >= 15 is 0 Å². The number of aromatic nitrogens is 1. The average molecular weight is 349 g/mol. The second kappa shape index (κ2) is 5.64. The average Bonchev–Trinajstić information content (AvgIpc) is 2.72. The fourth-order valence-corrected chi connectivity index (χ4v) is 2.86. The first-order valence-corrected chi connectivity index (χ1v) is 6.89. The van der Waals surface area contributed by atoms with Crippen LogP contribution in [0.2, 0.25) is 5.15 Å². The van der Waals surface area contributed by atoms with Crippen LogP contribution in [0.3, 0.4) is 0 Å².